The Balaban J connectivity index is 2.40. The van der Waals surface area contributed by atoms with Crippen LogP contribution in [-0.2, 0) is 0 Å². The standard InChI is InChI=1S/C14H27N/c1-5-12(11-15-14(2,3)4)10-13-8-6-7-9-13/h10,13,15H,5-9,11H2,1-4H3. The normalized spacial score (nSPS) is 19.9. The first-order valence-corrected chi connectivity index (χ1v) is 6.46. The van der Waals surface area contributed by atoms with Crippen molar-refractivity contribution in [1.82, 2.24) is 5.32 Å². The van der Waals surface area contributed by atoms with E-state index < -0.39 is 0 Å². The fourth-order valence-corrected chi connectivity index (χ4v) is 2.14. The summed E-state index contributed by atoms with van der Waals surface area (Å²) in [5.41, 5.74) is 1.83. The summed E-state index contributed by atoms with van der Waals surface area (Å²) in [5, 5.41) is 3.58. The lowest BCUT2D eigenvalue weighted by Gasteiger charge is -2.22. The van der Waals surface area contributed by atoms with Gasteiger partial charge in [0.25, 0.3) is 0 Å². The molecule has 15 heavy (non-hydrogen) atoms. The SMILES string of the molecule is CCC(=CC1CCCC1)CNC(C)(C)C. The maximum atomic E-state index is 3.58. The zero-order chi connectivity index (χ0) is 11.3. The third-order valence-electron chi connectivity index (χ3n) is 3.17. The molecular weight excluding hydrogens is 182 g/mol. The predicted molar refractivity (Wildman–Crippen MR) is 68.1 cm³/mol. The van der Waals surface area contributed by atoms with Gasteiger partial charge in [-0.1, -0.05) is 31.4 Å². The van der Waals surface area contributed by atoms with Crippen LogP contribution in [0.1, 0.15) is 59.8 Å². The van der Waals surface area contributed by atoms with E-state index in [1.807, 2.05) is 0 Å². The summed E-state index contributed by atoms with van der Waals surface area (Å²) in [5.74, 6) is 0.877. The lowest BCUT2D eigenvalue weighted by atomic mass is 10.0. The van der Waals surface area contributed by atoms with E-state index >= 15 is 0 Å². The number of allylic oxidation sites excluding steroid dienone is 1. The number of nitrogens with one attached hydrogen (secondary N) is 1. The van der Waals surface area contributed by atoms with Gasteiger partial charge in [-0.25, -0.2) is 0 Å². The second-order valence-electron chi connectivity index (χ2n) is 5.83. The van der Waals surface area contributed by atoms with Crippen LogP contribution in [0.2, 0.25) is 0 Å². The number of hydrogen-bond donors (Lipinski definition) is 1. The van der Waals surface area contributed by atoms with E-state index in [4.69, 9.17) is 0 Å². The van der Waals surface area contributed by atoms with Crippen LogP contribution < -0.4 is 5.32 Å². The van der Waals surface area contributed by atoms with Crippen LogP contribution >= 0.6 is 0 Å². The number of hydrogen-bond acceptors (Lipinski definition) is 1. The molecule has 0 atom stereocenters. The Morgan fingerprint density at radius 1 is 1.27 bits per heavy atom. The van der Waals surface area contributed by atoms with Crippen molar-refractivity contribution in [2.75, 3.05) is 6.54 Å². The topological polar surface area (TPSA) is 12.0 Å². The second kappa shape index (κ2) is 5.69. The van der Waals surface area contributed by atoms with E-state index in [9.17, 15) is 0 Å². The average Bonchev–Trinajstić information content (AvgIpc) is 2.63. The van der Waals surface area contributed by atoms with Crippen LogP contribution in [0.4, 0.5) is 0 Å². The molecule has 1 aliphatic carbocycles. The van der Waals surface area contributed by atoms with Crippen LogP contribution in [0.3, 0.4) is 0 Å². The third-order valence-corrected chi connectivity index (χ3v) is 3.17. The van der Waals surface area contributed by atoms with Gasteiger partial charge in [0, 0.05) is 12.1 Å². The largest absolute Gasteiger partial charge is 0.308 e. The molecule has 1 heteroatoms. The lowest BCUT2D eigenvalue weighted by Crippen LogP contribution is -2.37. The van der Waals surface area contributed by atoms with E-state index in [0.717, 1.165) is 12.5 Å². The van der Waals surface area contributed by atoms with Crippen LogP contribution in [0, 0.1) is 5.92 Å². The molecule has 1 N–H and O–H groups in total. The molecule has 1 saturated carbocycles. The fraction of sp³-hybridized carbons (Fsp3) is 0.857. The predicted octanol–water partition coefficient (Wildman–Crippen LogP) is 3.90. The summed E-state index contributed by atoms with van der Waals surface area (Å²) < 4.78 is 0. The first-order chi connectivity index (χ1) is 7.01. The quantitative estimate of drug-likeness (QED) is 0.692. The summed E-state index contributed by atoms with van der Waals surface area (Å²) in [4.78, 5) is 0. The Morgan fingerprint density at radius 2 is 1.87 bits per heavy atom. The molecule has 0 aromatic heterocycles. The van der Waals surface area contributed by atoms with E-state index in [-0.39, 0.29) is 5.54 Å². The Labute approximate surface area is 95.3 Å². The Kier molecular flexibility index (Phi) is 4.85. The molecular formula is C14H27N. The minimum absolute atomic E-state index is 0.240. The molecule has 0 amide bonds. The molecule has 0 aromatic carbocycles. The highest BCUT2D eigenvalue weighted by Crippen LogP contribution is 2.27. The Bertz CT molecular complexity index is 204. The van der Waals surface area contributed by atoms with Gasteiger partial charge in [-0.05, 0) is 46.0 Å². The van der Waals surface area contributed by atoms with Crippen molar-refractivity contribution in [2.45, 2.75) is 65.3 Å². The molecule has 0 saturated heterocycles. The molecule has 0 aliphatic heterocycles. The van der Waals surface area contributed by atoms with Gasteiger partial charge in [-0.3, -0.25) is 0 Å². The van der Waals surface area contributed by atoms with Crippen molar-refractivity contribution in [1.29, 1.82) is 0 Å². The van der Waals surface area contributed by atoms with Gasteiger partial charge in [0.05, 0.1) is 0 Å². The van der Waals surface area contributed by atoms with Crippen molar-refractivity contribution in [3.05, 3.63) is 11.6 Å². The van der Waals surface area contributed by atoms with Gasteiger partial charge in [0.15, 0.2) is 0 Å². The zero-order valence-corrected chi connectivity index (χ0v) is 10.9. The molecule has 88 valence electrons. The summed E-state index contributed by atoms with van der Waals surface area (Å²) >= 11 is 0. The van der Waals surface area contributed by atoms with Gasteiger partial charge in [-0.2, -0.15) is 0 Å². The highest BCUT2D eigenvalue weighted by atomic mass is 14.9. The van der Waals surface area contributed by atoms with Crippen molar-refractivity contribution >= 4 is 0 Å². The summed E-state index contributed by atoms with van der Waals surface area (Å²) in [6.07, 6.45) is 9.43. The molecule has 1 aliphatic rings. The molecule has 1 fully saturated rings. The molecule has 0 radical (unpaired) electrons. The summed E-state index contributed by atoms with van der Waals surface area (Å²) in [7, 11) is 0. The lowest BCUT2D eigenvalue weighted by molar-refractivity contribution is 0.441. The van der Waals surface area contributed by atoms with Gasteiger partial charge in [0.2, 0.25) is 0 Å². The van der Waals surface area contributed by atoms with Crippen LogP contribution in [0.5, 0.6) is 0 Å². The van der Waals surface area contributed by atoms with Gasteiger partial charge in [-0.15, -0.1) is 0 Å². The van der Waals surface area contributed by atoms with E-state index in [0.29, 0.717) is 0 Å². The molecule has 1 nitrogen and oxygen atoms in total. The summed E-state index contributed by atoms with van der Waals surface area (Å²) in [6, 6.07) is 0. The number of rotatable bonds is 4. The monoisotopic (exact) mass is 209 g/mol. The van der Waals surface area contributed by atoms with Crippen molar-refractivity contribution in [2.24, 2.45) is 5.92 Å². The van der Waals surface area contributed by atoms with Crippen molar-refractivity contribution < 1.29 is 0 Å². The first kappa shape index (κ1) is 12.8. The maximum Gasteiger partial charge on any atom is 0.0169 e. The van der Waals surface area contributed by atoms with Gasteiger partial charge >= 0.3 is 0 Å². The molecule has 0 spiro atoms. The minimum atomic E-state index is 0.240. The maximum absolute atomic E-state index is 3.58. The smallest absolute Gasteiger partial charge is 0.0169 e. The molecule has 0 bridgehead atoms. The minimum Gasteiger partial charge on any atom is -0.308 e. The van der Waals surface area contributed by atoms with Crippen LogP contribution in [0.25, 0.3) is 0 Å². The Morgan fingerprint density at radius 3 is 2.33 bits per heavy atom. The zero-order valence-electron chi connectivity index (χ0n) is 10.9. The molecule has 0 aromatic rings. The summed E-state index contributed by atoms with van der Waals surface area (Å²) in [6.45, 7) is 10.0. The second-order valence-corrected chi connectivity index (χ2v) is 5.83. The Hall–Kier alpha value is -0.300. The van der Waals surface area contributed by atoms with E-state index in [2.05, 4.69) is 39.1 Å². The van der Waals surface area contributed by atoms with Crippen molar-refractivity contribution in [3.8, 4) is 0 Å². The van der Waals surface area contributed by atoms with E-state index in [1.165, 1.54) is 32.1 Å². The molecule has 0 heterocycles. The third kappa shape index (κ3) is 5.36. The highest BCUT2D eigenvalue weighted by molar-refractivity contribution is 5.07. The first-order valence-electron chi connectivity index (χ1n) is 6.46. The van der Waals surface area contributed by atoms with Crippen LogP contribution in [-0.4, -0.2) is 12.1 Å². The average molecular weight is 209 g/mol. The van der Waals surface area contributed by atoms with E-state index in [1.54, 1.807) is 5.57 Å². The highest BCUT2D eigenvalue weighted by Gasteiger charge is 2.14. The van der Waals surface area contributed by atoms with Crippen LogP contribution in [0.15, 0.2) is 11.6 Å². The fourth-order valence-electron chi connectivity index (χ4n) is 2.14. The van der Waals surface area contributed by atoms with Gasteiger partial charge in [0.1, 0.15) is 0 Å². The van der Waals surface area contributed by atoms with Crippen molar-refractivity contribution in [3.63, 3.8) is 0 Å². The van der Waals surface area contributed by atoms with Gasteiger partial charge < -0.3 is 5.32 Å². The molecule has 0 unspecified atom stereocenters. The molecule has 1 rings (SSSR count).